The molecule has 0 aromatic carbocycles. The molecule has 154 valence electrons. The van der Waals surface area contributed by atoms with Crippen LogP contribution in [0.4, 0.5) is 0 Å². The second kappa shape index (κ2) is 7.96. The Morgan fingerprint density at radius 3 is 2.48 bits per heavy atom. The number of ketones is 1. The molecule has 0 fully saturated rings. The molecule has 4 rings (SSSR count). The van der Waals surface area contributed by atoms with Crippen LogP contribution in [0.15, 0.2) is 68.6 Å². The summed E-state index contributed by atoms with van der Waals surface area (Å²) in [5.41, 5.74) is 2.05. The zero-order chi connectivity index (χ0) is 20.8. The Morgan fingerprint density at radius 1 is 1.07 bits per heavy atom. The predicted octanol–water partition coefficient (Wildman–Crippen LogP) is 2.71. The zero-order valence-corrected chi connectivity index (χ0v) is 16.6. The summed E-state index contributed by atoms with van der Waals surface area (Å²) < 4.78 is 42.7. The van der Waals surface area contributed by atoms with Gasteiger partial charge in [-0.25, -0.2) is 10.5 Å². The van der Waals surface area contributed by atoms with Crippen LogP contribution >= 0.6 is 24.1 Å². The van der Waals surface area contributed by atoms with E-state index >= 15 is 0 Å². The van der Waals surface area contributed by atoms with Gasteiger partial charge in [-0.1, -0.05) is 34.4 Å². The Labute approximate surface area is 172 Å². The maximum atomic E-state index is 12.7. The average molecular weight is 460 g/mol. The number of hydrogen-bond donors (Lipinski definition) is 3. The van der Waals surface area contributed by atoms with E-state index in [1.165, 1.54) is 18.2 Å². The summed E-state index contributed by atoms with van der Waals surface area (Å²) in [5.74, 6) is -1.40. The van der Waals surface area contributed by atoms with Crippen molar-refractivity contribution in [2.45, 2.75) is 5.25 Å². The van der Waals surface area contributed by atoms with E-state index in [2.05, 4.69) is 18.7 Å². The molecule has 0 radical (unpaired) electrons. The van der Waals surface area contributed by atoms with Gasteiger partial charge in [0.15, 0.2) is 5.78 Å². The molecule has 0 aromatic heterocycles. The van der Waals surface area contributed by atoms with Crippen molar-refractivity contribution in [3.05, 3.63) is 68.6 Å². The van der Waals surface area contributed by atoms with Crippen molar-refractivity contribution in [3.8, 4) is 0 Å². The van der Waals surface area contributed by atoms with E-state index in [0.717, 1.165) is 0 Å². The summed E-state index contributed by atoms with van der Waals surface area (Å²) in [6, 6.07) is 0. The highest BCUT2D eigenvalue weighted by Crippen LogP contribution is 2.54. The minimum Gasteiger partial charge on any atom is -0.294 e. The van der Waals surface area contributed by atoms with Gasteiger partial charge in [0.2, 0.25) is 0 Å². The molecule has 0 amide bonds. The molecular weight excluding hydrogens is 448 g/mol. The standard InChI is InChI=1S/C16H12O10S3/c17-11-5-12(27-25-23-18)8-2-3-9-13(28-26-24-19)6-14(29(20,21)22)10-4-1-7(11)15(8)16(9)10/h1-7,13,15,18-19H,(H,20,21,22). The van der Waals surface area contributed by atoms with Crippen molar-refractivity contribution in [3.63, 3.8) is 0 Å². The van der Waals surface area contributed by atoms with Crippen LogP contribution in [-0.2, 0) is 33.7 Å². The third-order valence-corrected chi connectivity index (χ3v) is 7.20. The SMILES string of the molecule is O=C1C=C(SOOO)C2=CC=C3C4=C(C=CC1C24)C(S(=O)(=O)O)=CC3SOOO. The fourth-order valence-corrected chi connectivity index (χ4v) is 5.91. The van der Waals surface area contributed by atoms with E-state index in [1.807, 2.05) is 0 Å². The fraction of sp³-hybridized carbons (Fsp3) is 0.188. The van der Waals surface area contributed by atoms with Crippen molar-refractivity contribution in [1.29, 1.82) is 0 Å². The van der Waals surface area contributed by atoms with Crippen molar-refractivity contribution in [2.75, 3.05) is 0 Å². The molecule has 10 nitrogen and oxygen atoms in total. The van der Waals surface area contributed by atoms with Crippen LogP contribution in [0.3, 0.4) is 0 Å². The van der Waals surface area contributed by atoms with E-state index in [4.69, 9.17) is 10.5 Å². The maximum Gasteiger partial charge on any atom is 0.294 e. The second-order valence-electron chi connectivity index (χ2n) is 6.24. The summed E-state index contributed by atoms with van der Waals surface area (Å²) in [6.45, 7) is 0. The van der Waals surface area contributed by atoms with Crippen LogP contribution in [0.1, 0.15) is 0 Å². The summed E-state index contributed by atoms with van der Waals surface area (Å²) in [5, 5.41) is 23.4. The number of hydrogen-bond acceptors (Lipinski definition) is 11. The minimum atomic E-state index is -4.60. The number of rotatable bonds is 7. The van der Waals surface area contributed by atoms with Crippen LogP contribution in [0.5, 0.6) is 0 Å². The summed E-state index contributed by atoms with van der Waals surface area (Å²) in [4.78, 5) is 12.7. The van der Waals surface area contributed by atoms with Crippen molar-refractivity contribution in [2.24, 2.45) is 11.8 Å². The third kappa shape index (κ3) is 3.59. The van der Waals surface area contributed by atoms with Crippen LogP contribution < -0.4 is 0 Å². The van der Waals surface area contributed by atoms with E-state index < -0.39 is 27.2 Å². The molecular formula is C16H12O10S3. The van der Waals surface area contributed by atoms with Gasteiger partial charge in [0, 0.05) is 22.9 Å². The Balaban J connectivity index is 1.88. The first-order valence-corrected chi connectivity index (χ1v) is 10.9. The lowest BCUT2D eigenvalue weighted by atomic mass is 9.65. The summed E-state index contributed by atoms with van der Waals surface area (Å²) in [7, 11) is -4.60. The highest BCUT2D eigenvalue weighted by Gasteiger charge is 2.46. The first-order valence-electron chi connectivity index (χ1n) is 7.95. The topological polar surface area (TPSA) is 149 Å². The average Bonchev–Trinajstić information content (AvgIpc) is 2.69. The van der Waals surface area contributed by atoms with Gasteiger partial charge in [-0.2, -0.15) is 8.42 Å². The molecule has 0 bridgehead atoms. The molecule has 4 aliphatic rings. The quantitative estimate of drug-likeness (QED) is 0.222. The molecule has 3 N–H and O–H groups in total. The molecule has 0 heterocycles. The van der Waals surface area contributed by atoms with Gasteiger partial charge in [0.05, 0.1) is 28.1 Å². The van der Waals surface area contributed by atoms with Crippen molar-refractivity contribution >= 4 is 40.0 Å². The van der Waals surface area contributed by atoms with Crippen LogP contribution in [0.2, 0.25) is 0 Å². The maximum absolute atomic E-state index is 12.7. The number of carbonyl (C=O) groups is 1. The highest BCUT2D eigenvalue weighted by molar-refractivity contribution is 7.98. The largest absolute Gasteiger partial charge is 0.294 e. The lowest BCUT2D eigenvalue weighted by molar-refractivity contribution is -0.432. The molecule has 0 saturated carbocycles. The molecule has 0 spiro atoms. The Hall–Kier alpha value is -1.52. The van der Waals surface area contributed by atoms with Crippen molar-refractivity contribution < 1.29 is 47.0 Å². The van der Waals surface area contributed by atoms with E-state index in [-0.39, 0.29) is 16.3 Å². The van der Waals surface area contributed by atoms with Gasteiger partial charge in [-0.3, -0.25) is 9.35 Å². The van der Waals surface area contributed by atoms with Gasteiger partial charge in [0.25, 0.3) is 10.1 Å². The van der Waals surface area contributed by atoms with Gasteiger partial charge in [0.1, 0.15) is 0 Å². The lowest BCUT2D eigenvalue weighted by Gasteiger charge is -2.41. The molecule has 0 aromatic rings. The van der Waals surface area contributed by atoms with Crippen LogP contribution in [0.25, 0.3) is 0 Å². The Bertz CT molecular complexity index is 1050. The summed E-state index contributed by atoms with van der Waals surface area (Å²) in [6.07, 6.45) is 9.14. The molecule has 4 aliphatic carbocycles. The zero-order valence-electron chi connectivity index (χ0n) is 14.1. The Kier molecular flexibility index (Phi) is 5.69. The monoisotopic (exact) mass is 460 g/mol. The van der Waals surface area contributed by atoms with Crippen molar-refractivity contribution in [1.82, 2.24) is 0 Å². The van der Waals surface area contributed by atoms with Gasteiger partial charge >= 0.3 is 0 Å². The van der Waals surface area contributed by atoms with Gasteiger partial charge in [-0.15, -0.1) is 8.67 Å². The molecule has 29 heavy (non-hydrogen) atoms. The minimum absolute atomic E-state index is 0.248. The third-order valence-electron chi connectivity index (χ3n) is 4.89. The van der Waals surface area contributed by atoms with E-state index in [0.29, 0.717) is 45.7 Å². The number of carbonyl (C=O) groups excluding carboxylic acids is 1. The van der Waals surface area contributed by atoms with E-state index in [9.17, 15) is 17.8 Å². The van der Waals surface area contributed by atoms with Crippen LogP contribution in [0, 0.1) is 11.8 Å². The smallest absolute Gasteiger partial charge is 0.294 e. The predicted molar refractivity (Wildman–Crippen MR) is 101 cm³/mol. The van der Waals surface area contributed by atoms with Crippen LogP contribution in [-0.4, -0.2) is 34.5 Å². The Morgan fingerprint density at radius 2 is 1.79 bits per heavy atom. The molecule has 0 saturated heterocycles. The first kappa shape index (κ1) is 20.7. The van der Waals surface area contributed by atoms with Gasteiger partial charge < -0.3 is 0 Å². The first-order chi connectivity index (χ1) is 13.9. The fourth-order valence-electron chi connectivity index (χ4n) is 3.88. The molecule has 3 unspecified atom stereocenters. The summed E-state index contributed by atoms with van der Waals surface area (Å²) >= 11 is 1.26. The van der Waals surface area contributed by atoms with Gasteiger partial charge in [-0.05, 0) is 34.4 Å². The normalized spacial score (nSPS) is 27.8. The van der Waals surface area contributed by atoms with E-state index in [1.54, 1.807) is 18.2 Å². The molecule has 0 aliphatic heterocycles. The molecule has 3 atom stereocenters. The second-order valence-corrected chi connectivity index (χ2v) is 9.21. The lowest BCUT2D eigenvalue weighted by Crippen LogP contribution is -2.36. The number of allylic oxidation sites excluding steroid dienone is 8. The highest BCUT2D eigenvalue weighted by atomic mass is 32.2. The molecule has 13 heteroatoms.